The summed E-state index contributed by atoms with van der Waals surface area (Å²) in [6.45, 7) is 1.98. The molecule has 1 aromatic heterocycles. The van der Waals surface area contributed by atoms with Gasteiger partial charge in [0.05, 0.1) is 17.4 Å². The van der Waals surface area contributed by atoms with Gasteiger partial charge in [0, 0.05) is 18.7 Å². The Labute approximate surface area is 174 Å². The normalized spacial score (nSPS) is 11.2. The van der Waals surface area contributed by atoms with Gasteiger partial charge in [-0.1, -0.05) is 6.92 Å². The summed E-state index contributed by atoms with van der Waals surface area (Å²) in [5, 5.41) is 21.8. The maximum atomic E-state index is 11.7. The van der Waals surface area contributed by atoms with Crippen LogP contribution >= 0.6 is 0 Å². The summed E-state index contributed by atoms with van der Waals surface area (Å²) < 4.78 is 10.0. The Morgan fingerprint density at radius 3 is 2.52 bits per heavy atom. The number of nitro groups is 1. The fourth-order valence-corrected chi connectivity index (χ4v) is 1.87. The third kappa shape index (κ3) is 6.24. The number of carbonyl (C=O) groups excluding carboxylic acids is 2. The molecule has 120 valence electrons. The summed E-state index contributed by atoms with van der Waals surface area (Å²) in [7, 11) is 1.48. The second-order valence-electron chi connectivity index (χ2n) is 4.29. The molecule has 1 aromatic rings. The fourth-order valence-electron chi connectivity index (χ4n) is 1.87. The number of hydrogen-bond acceptors (Lipinski definition) is 8. The molecule has 0 aromatic carbocycles. The van der Waals surface area contributed by atoms with Gasteiger partial charge < -0.3 is 19.4 Å². The van der Waals surface area contributed by atoms with E-state index in [1.807, 2.05) is 0 Å². The third-order valence-electron chi connectivity index (χ3n) is 2.92. The van der Waals surface area contributed by atoms with Gasteiger partial charge >= 0.3 is 51.4 Å². The van der Waals surface area contributed by atoms with Gasteiger partial charge in [-0.2, -0.15) is 0 Å². The number of Topliss-reactive ketones (excluding diaryl/α,β-unsaturated/α-hetero) is 1. The molecule has 1 unspecified atom stereocenters. The molecule has 10 heteroatoms. The van der Waals surface area contributed by atoms with Crippen LogP contribution in [0.25, 0.3) is 0 Å². The van der Waals surface area contributed by atoms with Crippen LogP contribution in [0, 0.1) is 10.1 Å². The Bertz CT molecular complexity index is 579. The molecule has 0 bridgehead atoms. The van der Waals surface area contributed by atoms with Gasteiger partial charge in [-0.05, 0) is 6.42 Å². The average molecular weight is 350 g/mol. The standard InChI is InChI=1S/C13H16N2O7.K/c1-3-8(12(16)13(17)18)9-6-11(22-5-4-21-2)14-7-10(9)15(19)20;/h6-8H,3-5H2,1-2H3,(H,17,18);/q;+1/p-1. The molecule has 0 spiro atoms. The van der Waals surface area contributed by atoms with Crippen molar-refractivity contribution in [1.29, 1.82) is 0 Å². The van der Waals surface area contributed by atoms with Crippen LogP contribution in [-0.2, 0) is 14.3 Å². The van der Waals surface area contributed by atoms with E-state index in [0.29, 0.717) is 0 Å². The van der Waals surface area contributed by atoms with Gasteiger partial charge in [0.25, 0.3) is 5.69 Å². The van der Waals surface area contributed by atoms with Crippen molar-refractivity contribution in [3.63, 3.8) is 0 Å². The second-order valence-corrected chi connectivity index (χ2v) is 4.29. The van der Waals surface area contributed by atoms with Crippen molar-refractivity contribution in [3.05, 3.63) is 27.9 Å². The van der Waals surface area contributed by atoms with Crippen LogP contribution in [0.4, 0.5) is 5.69 Å². The Kier molecular flexibility index (Phi) is 10.4. The summed E-state index contributed by atoms with van der Waals surface area (Å²) in [6.07, 6.45) is 0.998. The molecular formula is C13H15KN2O7. The minimum absolute atomic E-state index is 0. The number of ether oxygens (including phenoxy) is 2. The Morgan fingerprint density at radius 1 is 1.39 bits per heavy atom. The van der Waals surface area contributed by atoms with Crippen molar-refractivity contribution >= 4 is 17.4 Å². The van der Waals surface area contributed by atoms with Crippen LogP contribution in [0.1, 0.15) is 24.8 Å². The first kappa shape index (κ1) is 22.1. The Morgan fingerprint density at radius 2 is 2.04 bits per heavy atom. The first-order chi connectivity index (χ1) is 10.4. The van der Waals surface area contributed by atoms with Gasteiger partial charge in [-0.25, -0.2) is 4.98 Å². The molecule has 0 saturated carbocycles. The number of carboxylic acid groups (broad SMARTS) is 1. The predicted octanol–water partition coefficient (Wildman–Crippen LogP) is -3.17. The average Bonchev–Trinajstić information content (AvgIpc) is 2.48. The van der Waals surface area contributed by atoms with Crippen molar-refractivity contribution in [2.24, 2.45) is 0 Å². The Balaban J connectivity index is 0.00000484. The monoisotopic (exact) mass is 350 g/mol. The molecule has 0 aliphatic carbocycles. The summed E-state index contributed by atoms with van der Waals surface area (Å²) >= 11 is 0. The number of aliphatic carboxylic acids is 1. The second kappa shape index (κ2) is 10.8. The van der Waals surface area contributed by atoms with E-state index in [4.69, 9.17) is 9.47 Å². The first-order valence-electron chi connectivity index (χ1n) is 6.43. The molecule has 1 heterocycles. The number of nitrogens with zero attached hydrogens (tertiary/aromatic N) is 2. The minimum Gasteiger partial charge on any atom is -0.542 e. The molecule has 23 heavy (non-hydrogen) atoms. The van der Waals surface area contributed by atoms with E-state index in [1.54, 1.807) is 6.92 Å². The number of rotatable bonds is 9. The SMILES string of the molecule is CCC(C(=O)C(=O)[O-])c1cc(OCCOC)ncc1[N+](=O)[O-].[K+]. The zero-order valence-electron chi connectivity index (χ0n) is 13.1. The maximum absolute atomic E-state index is 11.7. The van der Waals surface area contributed by atoms with Crippen LogP contribution in [-0.4, -0.2) is 42.0 Å². The van der Waals surface area contributed by atoms with Crippen molar-refractivity contribution < 1.29 is 80.5 Å². The first-order valence-corrected chi connectivity index (χ1v) is 6.43. The smallest absolute Gasteiger partial charge is 0.542 e. The Hall–Kier alpha value is -0.914. The summed E-state index contributed by atoms with van der Waals surface area (Å²) in [6, 6.07) is 1.20. The van der Waals surface area contributed by atoms with Crippen molar-refractivity contribution in [3.8, 4) is 5.88 Å². The molecule has 0 fully saturated rings. The number of methoxy groups -OCH3 is 1. The molecule has 9 nitrogen and oxygen atoms in total. The van der Waals surface area contributed by atoms with Crippen LogP contribution in [0.2, 0.25) is 0 Å². The van der Waals surface area contributed by atoms with E-state index in [1.165, 1.54) is 13.2 Å². The van der Waals surface area contributed by atoms with Crippen molar-refractivity contribution in [2.45, 2.75) is 19.3 Å². The third-order valence-corrected chi connectivity index (χ3v) is 2.92. The van der Waals surface area contributed by atoms with E-state index in [-0.39, 0.29) is 82.5 Å². The maximum Gasteiger partial charge on any atom is 1.00 e. The van der Waals surface area contributed by atoms with Gasteiger partial charge in [0.1, 0.15) is 18.8 Å². The van der Waals surface area contributed by atoms with Crippen LogP contribution in [0.5, 0.6) is 5.88 Å². The van der Waals surface area contributed by atoms with E-state index in [2.05, 4.69) is 4.98 Å². The largest absolute Gasteiger partial charge is 1.00 e. The molecule has 1 rings (SSSR count). The van der Waals surface area contributed by atoms with Crippen LogP contribution in [0.15, 0.2) is 12.3 Å². The molecule has 0 N–H and O–H groups in total. The quantitative estimate of drug-likeness (QED) is 0.150. The predicted molar refractivity (Wildman–Crippen MR) is 71.3 cm³/mol. The summed E-state index contributed by atoms with van der Waals surface area (Å²) in [4.78, 5) is 36.5. The molecule has 0 saturated heterocycles. The van der Waals surface area contributed by atoms with Gasteiger partial charge in [0.2, 0.25) is 5.88 Å². The van der Waals surface area contributed by atoms with Crippen LogP contribution < -0.4 is 61.2 Å². The van der Waals surface area contributed by atoms with Crippen molar-refractivity contribution in [1.82, 2.24) is 4.98 Å². The zero-order valence-corrected chi connectivity index (χ0v) is 16.2. The number of pyridine rings is 1. The molecule has 0 aliphatic heterocycles. The van der Waals surface area contributed by atoms with E-state index >= 15 is 0 Å². The topological polar surface area (TPSA) is 132 Å². The van der Waals surface area contributed by atoms with Crippen molar-refractivity contribution in [2.75, 3.05) is 20.3 Å². The van der Waals surface area contributed by atoms with E-state index in [0.717, 1.165) is 6.20 Å². The molecular weight excluding hydrogens is 335 g/mol. The van der Waals surface area contributed by atoms with Gasteiger partial charge in [0.15, 0.2) is 5.78 Å². The number of ketones is 1. The number of hydrogen-bond donors (Lipinski definition) is 0. The fraction of sp³-hybridized carbons (Fsp3) is 0.462. The molecule has 0 aliphatic rings. The van der Waals surface area contributed by atoms with E-state index < -0.39 is 28.3 Å². The number of carbonyl (C=O) groups is 2. The molecule has 1 atom stereocenters. The summed E-state index contributed by atoms with van der Waals surface area (Å²) in [5.74, 6) is -4.26. The minimum atomic E-state index is -1.89. The molecule has 0 radical (unpaired) electrons. The zero-order chi connectivity index (χ0) is 16.7. The van der Waals surface area contributed by atoms with E-state index in [9.17, 15) is 24.8 Å². The van der Waals surface area contributed by atoms with Gasteiger partial charge in [-0.3, -0.25) is 14.9 Å². The van der Waals surface area contributed by atoms with Crippen LogP contribution in [0.3, 0.4) is 0 Å². The van der Waals surface area contributed by atoms with Gasteiger partial charge in [-0.15, -0.1) is 0 Å². The number of aromatic nitrogens is 1. The molecule has 0 amide bonds. The summed E-state index contributed by atoms with van der Waals surface area (Å²) in [5.41, 5.74) is -0.510. The number of carboxylic acids is 1.